The molecule has 0 aromatic heterocycles. The van der Waals surface area contributed by atoms with E-state index < -0.39 is 5.97 Å². The molecule has 0 radical (unpaired) electrons. The van der Waals surface area contributed by atoms with Crippen molar-refractivity contribution in [2.24, 2.45) is 5.73 Å². The van der Waals surface area contributed by atoms with Crippen LogP contribution in [0.3, 0.4) is 0 Å². The minimum absolute atomic E-state index is 0. The van der Waals surface area contributed by atoms with Crippen LogP contribution in [-0.4, -0.2) is 17.6 Å². The van der Waals surface area contributed by atoms with Crippen LogP contribution in [0.5, 0.6) is 0 Å². The third kappa shape index (κ3) is 10.7. The van der Waals surface area contributed by atoms with Crippen LogP contribution in [0.1, 0.15) is 6.42 Å². The first kappa shape index (κ1) is 10.1. The Kier molecular flexibility index (Phi) is 8.75. The monoisotopic (exact) mass is 153 g/mol. The topological polar surface area (TPSA) is 63.3 Å². The quantitative estimate of drug-likeness (QED) is 0.523. The number of aliphatic carboxylic acids is 1. The van der Waals surface area contributed by atoms with Crippen molar-refractivity contribution in [3.8, 4) is 0 Å². The summed E-state index contributed by atoms with van der Waals surface area (Å²) in [6, 6.07) is 0. The van der Waals surface area contributed by atoms with Crippen molar-refractivity contribution < 1.29 is 29.4 Å². The Morgan fingerprint density at radius 2 is 2.14 bits per heavy atom. The Morgan fingerprint density at radius 1 is 1.71 bits per heavy atom. The summed E-state index contributed by atoms with van der Waals surface area (Å²) < 4.78 is 0. The second-order valence-electron chi connectivity index (χ2n) is 0.932. The Bertz CT molecular complexity index is 56.9. The number of carbonyl (C=O) groups is 1. The van der Waals surface area contributed by atoms with Crippen molar-refractivity contribution in [2.75, 3.05) is 6.54 Å². The molecule has 0 aromatic carbocycles. The van der Waals surface area contributed by atoms with E-state index >= 15 is 0 Å². The molecule has 0 unspecified atom stereocenters. The molecule has 38 valence electrons. The van der Waals surface area contributed by atoms with Crippen LogP contribution in [-0.2, 0) is 24.3 Å². The second kappa shape index (κ2) is 6.05. The largest absolute Gasteiger partial charge is 0.481 e. The molecule has 0 saturated carbocycles. The maximum absolute atomic E-state index is 9.52. The number of hydrogen-bond donors (Lipinski definition) is 2. The molecule has 0 atom stereocenters. The molecule has 0 bridgehead atoms. The molecule has 0 rings (SSSR count). The van der Waals surface area contributed by atoms with E-state index in [1.807, 2.05) is 0 Å². The third-order valence-electron chi connectivity index (χ3n) is 0.358. The minimum atomic E-state index is -0.836. The fourth-order valence-electron chi connectivity index (χ4n) is 0.123. The Hall–Kier alpha value is 0.0534. The minimum Gasteiger partial charge on any atom is -0.481 e. The van der Waals surface area contributed by atoms with E-state index in [4.69, 9.17) is 10.8 Å². The molecule has 0 fully saturated rings. The van der Waals surface area contributed by atoms with Crippen LogP contribution in [0.4, 0.5) is 0 Å². The van der Waals surface area contributed by atoms with Gasteiger partial charge < -0.3 is 10.8 Å². The number of nitrogens with two attached hydrogens (primary N) is 1. The molecule has 0 aliphatic carbocycles. The number of rotatable bonds is 2. The van der Waals surface area contributed by atoms with Crippen LogP contribution in [0, 0.1) is 0 Å². The normalized spacial score (nSPS) is 7.00. The average molecular weight is 154 g/mol. The Morgan fingerprint density at radius 3 is 2.14 bits per heavy atom. The first-order valence-corrected chi connectivity index (χ1v) is 1.69. The summed E-state index contributed by atoms with van der Waals surface area (Å²) in [6.07, 6.45) is 0.0694. The molecule has 0 aromatic rings. The van der Waals surface area contributed by atoms with Crippen molar-refractivity contribution in [3.63, 3.8) is 0 Å². The summed E-state index contributed by atoms with van der Waals surface area (Å²) in [4.78, 5) is 9.52. The van der Waals surface area contributed by atoms with Gasteiger partial charge in [-0.2, -0.15) is 0 Å². The van der Waals surface area contributed by atoms with Crippen LogP contribution < -0.4 is 5.73 Å². The molecule has 0 aliphatic rings. The van der Waals surface area contributed by atoms with Gasteiger partial charge in [-0.15, -0.1) is 0 Å². The maximum Gasteiger partial charge on any atom is 0.304 e. The zero-order valence-corrected chi connectivity index (χ0v) is 7.02. The van der Waals surface area contributed by atoms with E-state index in [-0.39, 0.29) is 32.4 Å². The van der Waals surface area contributed by atoms with Crippen molar-refractivity contribution >= 4 is 5.97 Å². The number of hydrogen-bond acceptors (Lipinski definition) is 2. The van der Waals surface area contributed by atoms with Crippen molar-refractivity contribution in [2.45, 2.75) is 6.42 Å². The van der Waals surface area contributed by atoms with Gasteiger partial charge in [0.05, 0.1) is 6.42 Å². The van der Waals surface area contributed by atoms with Crippen molar-refractivity contribution in [1.29, 1.82) is 0 Å². The summed E-state index contributed by atoms with van der Waals surface area (Å²) in [5.41, 5.74) is 4.85. The first-order chi connectivity index (χ1) is 2.77. The molecule has 0 aliphatic heterocycles. The van der Waals surface area contributed by atoms with Gasteiger partial charge in [0, 0.05) is 26.0 Å². The number of carboxylic acid groups (broad SMARTS) is 1. The summed E-state index contributed by atoms with van der Waals surface area (Å²) in [6.45, 7) is 0.231. The van der Waals surface area contributed by atoms with E-state index in [0.717, 1.165) is 0 Å². The third-order valence-corrected chi connectivity index (χ3v) is 0.358. The van der Waals surface area contributed by atoms with E-state index in [0.29, 0.717) is 0 Å². The standard InChI is InChI=1S/C3H7NO2.Zn/c4-2-1-3(5)6;/h1-2,4H2,(H,5,6);. The molecule has 0 saturated heterocycles. The van der Waals surface area contributed by atoms with Gasteiger partial charge in [0.25, 0.3) is 0 Å². The van der Waals surface area contributed by atoms with Gasteiger partial charge in [-0.05, 0) is 0 Å². The predicted molar refractivity (Wildman–Crippen MR) is 21.3 cm³/mol. The molecule has 3 nitrogen and oxygen atoms in total. The van der Waals surface area contributed by atoms with Crippen molar-refractivity contribution in [3.05, 3.63) is 0 Å². The predicted octanol–water partition coefficient (Wildman–Crippen LogP) is -0.583. The summed E-state index contributed by atoms with van der Waals surface area (Å²) in [5.74, 6) is -0.836. The van der Waals surface area contributed by atoms with Gasteiger partial charge >= 0.3 is 5.97 Å². The van der Waals surface area contributed by atoms with E-state index in [9.17, 15) is 4.79 Å². The smallest absolute Gasteiger partial charge is 0.304 e. The van der Waals surface area contributed by atoms with E-state index in [2.05, 4.69) is 0 Å². The average Bonchev–Trinajstić information content (AvgIpc) is 1.35. The van der Waals surface area contributed by atoms with E-state index in [1.165, 1.54) is 0 Å². The molecule has 4 heteroatoms. The summed E-state index contributed by atoms with van der Waals surface area (Å²) >= 11 is 0. The number of carboxylic acids is 1. The van der Waals surface area contributed by atoms with Crippen LogP contribution in [0.15, 0.2) is 0 Å². The Labute approximate surface area is 54.6 Å². The van der Waals surface area contributed by atoms with Gasteiger partial charge in [-0.1, -0.05) is 0 Å². The van der Waals surface area contributed by atoms with Gasteiger partial charge in [0.1, 0.15) is 0 Å². The van der Waals surface area contributed by atoms with Gasteiger partial charge in [0.15, 0.2) is 0 Å². The zero-order valence-electron chi connectivity index (χ0n) is 4.05. The molecule has 7 heavy (non-hydrogen) atoms. The summed E-state index contributed by atoms with van der Waals surface area (Å²) in [5, 5.41) is 7.83. The van der Waals surface area contributed by atoms with Crippen LogP contribution in [0.25, 0.3) is 0 Å². The Balaban J connectivity index is 0. The molecule has 0 heterocycles. The summed E-state index contributed by atoms with van der Waals surface area (Å²) in [7, 11) is 0. The molecule has 0 spiro atoms. The van der Waals surface area contributed by atoms with Crippen LogP contribution >= 0.6 is 0 Å². The molecule has 0 amide bonds. The van der Waals surface area contributed by atoms with Crippen molar-refractivity contribution in [1.82, 2.24) is 0 Å². The fourth-order valence-corrected chi connectivity index (χ4v) is 0.123. The van der Waals surface area contributed by atoms with Gasteiger partial charge in [-0.3, -0.25) is 4.79 Å². The zero-order chi connectivity index (χ0) is 4.99. The van der Waals surface area contributed by atoms with Crippen LogP contribution in [0.2, 0.25) is 0 Å². The molecular weight excluding hydrogens is 147 g/mol. The SMILES string of the molecule is NCCC(=O)O.[Zn]. The fraction of sp³-hybridized carbons (Fsp3) is 0.667. The van der Waals surface area contributed by atoms with Gasteiger partial charge in [0.2, 0.25) is 0 Å². The van der Waals surface area contributed by atoms with Gasteiger partial charge in [-0.25, -0.2) is 0 Å². The maximum atomic E-state index is 9.52. The first-order valence-electron chi connectivity index (χ1n) is 1.69. The second-order valence-corrected chi connectivity index (χ2v) is 0.932. The van der Waals surface area contributed by atoms with E-state index in [1.54, 1.807) is 0 Å². The molecular formula is C3H7NO2Zn. The molecule has 3 N–H and O–H groups in total.